The number of rotatable bonds is 5. The second-order valence-electron chi connectivity index (χ2n) is 6.61. The Morgan fingerprint density at radius 1 is 1.05 bits per heavy atom. The number of carboxylic acid groups (broad SMARTS) is 1. The van der Waals surface area contributed by atoms with Crippen LogP contribution in [0.15, 0.2) is 0 Å². The fraction of sp³-hybridized carbons (Fsp3) is 0.875. The molecule has 0 bridgehead atoms. The maximum absolute atomic E-state index is 12.5. The van der Waals surface area contributed by atoms with Crippen LogP contribution in [0.25, 0.3) is 0 Å². The van der Waals surface area contributed by atoms with E-state index in [1.165, 1.54) is 6.42 Å². The molecule has 0 aliphatic heterocycles. The van der Waals surface area contributed by atoms with Crippen molar-refractivity contribution in [3.8, 4) is 0 Å². The normalized spacial score (nSPS) is 28.8. The van der Waals surface area contributed by atoms with Gasteiger partial charge in [0.2, 0.25) is 5.91 Å². The molecule has 5 nitrogen and oxygen atoms in total. The van der Waals surface area contributed by atoms with E-state index in [0.29, 0.717) is 6.54 Å². The number of carbonyl (C=O) groups excluding carboxylic acids is 1. The summed E-state index contributed by atoms with van der Waals surface area (Å²) in [7, 11) is 0. The summed E-state index contributed by atoms with van der Waals surface area (Å²) in [5, 5.41) is 12.3. The number of carboxylic acids is 1. The summed E-state index contributed by atoms with van der Waals surface area (Å²) in [6, 6.07) is -0.724. The largest absolute Gasteiger partial charge is 0.480 e. The van der Waals surface area contributed by atoms with Crippen molar-refractivity contribution < 1.29 is 14.7 Å². The van der Waals surface area contributed by atoms with Crippen molar-refractivity contribution in [3.63, 3.8) is 0 Å². The Hall–Kier alpha value is -1.10. The highest BCUT2D eigenvalue weighted by molar-refractivity contribution is 5.85. The average molecular weight is 296 g/mol. The van der Waals surface area contributed by atoms with Gasteiger partial charge in [-0.25, -0.2) is 4.79 Å². The number of carbonyl (C=O) groups is 2. The first kappa shape index (κ1) is 16.3. The average Bonchev–Trinajstić information content (AvgIpc) is 2.52. The van der Waals surface area contributed by atoms with Crippen LogP contribution in [0.5, 0.6) is 0 Å². The molecule has 3 unspecified atom stereocenters. The molecule has 4 N–H and O–H groups in total. The molecule has 3 atom stereocenters. The molecule has 1 amide bonds. The van der Waals surface area contributed by atoms with Gasteiger partial charge in [-0.15, -0.1) is 0 Å². The zero-order valence-electron chi connectivity index (χ0n) is 12.7. The van der Waals surface area contributed by atoms with Crippen molar-refractivity contribution in [1.82, 2.24) is 5.32 Å². The van der Waals surface area contributed by atoms with E-state index in [0.717, 1.165) is 51.4 Å². The van der Waals surface area contributed by atoms with Crippen LogP contribution in [0.1, 0.15) is 57.8 Å². The van der Waals surface area contributed by atoms with Crippen LogP contribution in [0.2, 0.25) is 0 Å². The number of hydrogen-bond acceptors (Lipinski definition) is 3. The summed E-state index contributed by atoms with van der Waals surface area (Å²) in [6.45, 7) is 0.513. The molecule has 5 heteroatoms. The Labute approximate surface area is 126 Å². The molecule has 0 saturated heterocycles. The van der Waals surface area contributed by atoms with Gasteiger partial charge in [0.1, 0.15) is 6.04 Å². The van der Waals surface area contributed by atoms with Crippen molar-refractivity contribution in [2.75, 3.05) is 6.54 Å². The molecule has 2 aliphatic rings. The van der Waals surface area contributed by atoms with Crippen LogP contribution in [-0.2, 0) is 9.59 Å². The lowest BCUT2D eigenvalue weighted by Gasteiger charge is -2.33. The van der Waals surface area contributed by atoms with E-state index >= 15 is 0 Å². The Morgan fingerprint density at radius 2 is 1.67 bits per heavy atom. The van der Waals surface area contributed by atoms with Gasteiger partial charge in [-0.05, 0) is 44.1 Å². The Balaban J connectivity index is 1.98. The number of nitrogens with two attached hydrogens (primary N) is 1. The number of amides is 1. The van der Waals surface area contributed by atoms with E-state index in [2.05, 4.69) is 5.32 Å². The molecule has 120 valence electrons. The van der Waals surface area contributed by atoms with Gasteiger partial charge in [0, 0.05) is 5.92 Å². The molecule has 0 aromatic rings. The standard InChI is InChI=1S/C16H28N2O3/c17-10-12-8-4-5-9-13(12)15(19)18-14(16(20)21)11-6-2-1-3-7-11/h11-14H,1-10,17H2,(H,18,19)(H,20,21). The predicted octanol–water partition coefficient (Wildman–Crippen LogP) is 1.90. The van der Waals surface area contributed by atoms with E-state index in [1.807, 2.05) is 0 Å². The summed E-state index contributed by atoms with van der Waals surface area (Å²) in [5.74, 6) is -0.799. The smallest absolute Gasteiger partial charge is 0.326 e. The first-order valence-electron chi connectivity index (χ1n) is 8.36. The first-order chi connectivity index (χ1) is 10.1. The van der Waals surface area contributed by atoms with Crippen LogP contribution in [-0.4, -0.2) is 29.6 Å². The van der Waals surface area contributed by atoms with Crippen LogP contribution in [0, 0.1) is 17.8 Å². The van der Waals surface area contributed by atoms with Gasteiger partial charge in [0.15, 0.2) is 0 Å². The monoisotopic (exact) mass is 296 g/mol. The summed E-state index contributed by atoms with van der Waals surface area (Å²) >= 11 is 0. The molecule has 0 spiro atoms. The third-order valence-electron chi connectivity index (χ3n) is 5.23. The fourth-order valence-corrected chi connectivity index (χ4v) is 3.94. The highest BCUT2D eigenvalue weighted by Crippen LogP contribution is 2.31. The van der Waals surface area contributed by atoms with Crippen LogP contribution >= 0.6 is 0 Å². The third kappa shape index (κ3) is 4.19. The van der Waals surface area contributed by atoms with Gasteiger partial charge in [0.05, 0.1) is 0 Å². The summed E-state index contributed by atoms with van der Waals surface area (Å²) in [4.78, 5) is 24.0. The lowest BCUT2D eigenvalue weighted by Crippen LogP contribution is -2.50. The zero-order valence-corrected chi connectivity index (χ0v) is 12.7. The van der Waals surface area contributed by atoms with Gasteiger partial charge in [-0.3, -0.25) is 4.79 Å². The van der Waals surface area contributed by atoms with E-state index in [4.69, 9.17) is 5.73 Å². The van der Waals surface area contributed by atoms with Gasteiger partial charge < -0.3 is 16.2 Å². The van der Waals surface area contributed by atoms with E-state index in [1.54, 1.807) is 0 Å². The molecule has 2 fully saturated rings. The highest BCUT2D eigenvalue weighted by atomic mass is 16.4. The lowest BCUT2D eigenvalue weighted by atomic mass is 9.78. The molecule has 2 rings (SSSR count). The van der Waals surface area contributed by atoms with Crippen molar-refractivity contribution in [3.05, 3.63) is 0 Å². The van der Waals surface area contributed by atoms with E-state index in [-0.39, 0.29) is 23.7 Å². The van der Waals surface area contributed by atoms with Gasteiger partial charge in [-0.1, -0.05) is 32.1 Å². The minimum absolute atomic E-state index is 0.0834. The molecular formula is C16H28N2O3. The molecule has 0 aromatic carbocycles. The molecule has 2 saturated carbocycles. The number of hydrogen-bond donors (Lipinski definition) is 3. The first-order valence-corrected chi connectivity index (χ1v) is 8.36. The molecule has 0 aromatic heterocycles. The number of aliphatic carboxylic acids is 1. The summed E-state index contributed by atoms with van der Waals surface area (Å²) < 4.78 is 0. The minimum Gasteiger partial charge on any atom is -0.480 e. The fourth-order valence-electron chi connectivity index (χ4n) is 3.94. The van der Waals surface area contributed by atoms with Crippen LogP contribution in [0.4, 0.5) is 0 Å². The zero-order chi connectivity index (χ0) is 15.2. The Kier molecular flexibility index (Phi) is 6.03. The summed E-state index contributed by atoms with van der Waals surface area (Å²) in [6.07, 6.45) is 9.10. The highest BCUT2D eigenvalue weighted by Gasteiger charge is 2.35. The SMILES string of the molecule is NCC1CCCCC1C(=O)NC(C(=O)O)C1CCCCC1. The van der Waals surface area contributed by atoms with E-state index < -0.39 is 12.0 Å². The molecular weight excluding hydrogens is 268 g/mol. The van der Waals surface area contributed by atoms with E-state index in [9.17, 15) is 14.7 Å². The quantitative estimate of drug-likeness (QED) is 0.722. The lowest BCUT2D eigenvalue weighted by molar-refractivity contribution is -0.145. The Morgan fingerprint density at radius 3 is 2.29 bits per heavy atom. The maximum Gasteiger partial charge on any atom is 0.326 e. The Bertz CT molecular complexity index is 367. The van der Waals surface area contributed by atoms with Crippen molar-refractivity contribution in [2.24, 2.45) is 23.5 Å². The molecule has 21 heavy (non-hydrogen) atoms. The van der Waals surface area contributed by atoms with Gasteiger partial charge >= 0.3 is 5.97 Å². The van der Waals surface area contributed by atoms with Gasteiger partial charge in [0.25, 0.3) is 0 Å². The molecule has 2 aliphatic carbocycles. The van der Waals surface area contributed by atoms with Crippen molar-refractivity contribution in [2.45, 2.75) is 63.8 Å². The van der Waals surface area contributed by atoms with Gasteiger partial charge in [-0.2, -0.15) is 0 Å². The third-order valence-corrected chi connectivity index (χ3v) is 5.23. The topological polar surface area (TPSA) is 92.4 Å². The second kappa shape index (κ2) is 7.78. The van der Waals surface area contributed by atoms with Crippen molar-refractivity contribution in [1.29, 1.82) is 0 Å². The van der Waals surface area contributed by atoms with Crippen LogP contribution < -0.4 is 11.1 Å². The van der Waals surface area contributed by atoms with Crippen molar-refractivity contribution >= 4 is 11.9 Å². The van der Waals surface area contributed by atoms with Crippen LogP contribution in [0.3, 0.4) is 0 Å². The number of nitrogens with one attached hydrogen (secondary N) is 1. The predicted molar refractivity (Wildman–Crippen MR) is 80.6 cm³/mol. The maximum atomic E-state index is 12.5. The molecule has 0 radical (unpaired) electrons. The second-order valence-corrected chi connectivity index (χ2v) is 6.61. The minimum atomic E-state index is -0.893. The summed E-state index contributed by atoms with van der Waals surface area (Å²) in [5.41, 5.74) is 5.77. The molecule has 0 heterocycles.